The van der Waals surface area contributed by atoms with Crippen LogP contribution in [0.15, 0.2) is 18.2 Å². The number of aliphatic hydroxyl groups is 1. The summed E-state index contributed by atoms with van der Waals surface area (Å²) in [6, 6.07) is 5.50. The van der Waals surface area contributed by atoms with Crippen molar-refractivity contribution in [2.24, 2.45) is 0 Å². The molecule has 96 valence electrons. The van der Waals surface area contributed by atoms with Gasteiger partial charge in [0.25, 0.3) is 0 Å². The monoisotopic (exact) mass is 257 g/mol. The van der Waals surface area contributed by atoms with Gasteiger partial charge in [0.05, 0.1) is 19.3 Å². The van der Waals surface area contributed by atoms with E-state index in [0.717, 1.165) is 17.8 Å². The highest BCUT2D eigenvalue weighted by atomic mass is 35.5. The number of halogens is 1. The highest BCUT2D eigenvalue weighted by Gasteiger charge is 2.08. The molecule has 0 amide bonds. The molecular formula is C13H20ClNO2. The minimum Gasteiger partial charge on any atom is -0.392 e. The Morgan fingerprint density at radius 2 is 2.12 bits per heavy atom. The predicted octanol–water partition coefficient (Wildman–Crippen LogP) is 2.69. The van der Waals surface area contributed by atoms with Crippen molar-refractivity contribution in [3.05, 3.63) is 28.8 Å². The van der Waals surface area contributed by atoms with Gasteiger partial charge < -0.3 is 14.7 Å². The van der Waals surface area contributed by atoms with Crippen LogP contribution >= 0.6 is 11.6 Å². The lowest BCUT2D eigenvalue weighted by Crippen LogP contribution is -2.24. The Morgan fingerprint density at radius 3 is 2.71 bits per heavy atom. The quantitative estimate of drug-likeness (QED) is 0.851. The molecule has 0 heterocycles. The summed E-state index contributed by atoms with van der Waals surface area (Å²) in [7, 11) is 1.97. The zero-order valence-corrected chi connectivity index (χ0v) is 11.4. The predicted molar refractivity (Wildman–Crippen MR) is 71.7 cm³/mol. The molecule has 4 heteroatoms. The van der Waals surface area contributed by atoms with Gasteiger partial charge in [0.15, 0.2) is 0 Å². The minimum atomic E-state index is 0.0158. The first-order chi connectivity index (χ1) is 8.04. The molecule has 0 bridgehead atoms. The van der Waals surface area contributed by atoms with Crippen LogP contribution in [0.4, 0.5) is 5.69 Å². The fourth-order valence-corrected chi connectivity index (χ4v) is 1.74. The van der Waals surface area contributed by atoms with Crippen LogP contribution in [-0.4, -0.2) is 31.4 Å². The average Bonchev–Trinajstić information content (AvgIpc) is 2.28. The molecule has 0 saturated carbocycles. The van der Waals surface area contributed by atoms with Crippen molar-refractivity contribution in [3.63, 3.8) is 0 Å². The molecule has 1 aromatic carbocycles. The normalized spacial score (nSPS) is 10.9. The number of rotatable bonds is 6. The maximum absolute atomic E-state index is 9.27. The van der Waals surface area contributed by atoms with Gasteiger partial charge in [-0.25, -0.2) is 0 Å². The van der Waals surface area contributed by atoms with Gasteiger partial charge in [-0.05, 0) is 26.0 Å². The summed E-state index contributed by atoms with van der Waals surface area (Å²) in [5.74, 6) is 0. The molecule has 0 atom stereocenters. The van der Waals surface area contributed by atoms with Gasteiger partial charge in [0.1, 0.15) is 0 Å². The van der Waals surface area contributed by atoms with E-state index in [0.29, 0.717) is 11.6 Å². The lowest BCUT2D eigenvalue weighted by Gasteiger charge is -2.22. The van der Waals surface area contributed by atoms with Crippen molar-refractivity contribution in [2.75, 3.05) is 25.1 Å². The Labute approximate surface area is 108 Å². The molecule has 0 saturated heterocycles. The molecule has 0 fully saturated rings. The fraction of sp³-hybridized carbons (Fsp3) is 0.538. The minimum absolute atomic E-state index is 0.0158. The first kappa shape index (κ1) is 14.3. The van der Waals surface area contributed by atoms with E-state index in [1.165, 1.54) is 0 Å². The van der Waals surface area contributed by atoms with Crippen molar-refractivity contribution in [2.45, 2.75) is 26.6 Å². The van der Waals surface area contributed by atoms with Gasteiger partial charge in [0, 0.05) is 29.9 Å². The van der Waals surface area contributed by atoms with E-state index in [9.17, 15) is 5.11 Å². The van der Waals surface area contributed by atoms with Crippen LogP contribution in [0.1, 0.15) is 19.4 Å². The van der Waals surface area contributed by atoms with E-state index >= 15 is 0 Å². The largest absolute Gasteiger partial charge is 0.392 e. The molecule has 0 unspecified atom stereocenters. The van der Waals surface area contributed by atoms with E-state index in [1.54, 1.807) is 6.07 Å². The molecule has 0 aliphatic heterocycles. The van der Waals surface area contributed by atoms with Crippen LogP contribution in [0.3, 0.4) is 0 Å². The van der Waals surface area contributed by atoms with Gasteiger partial charge in [0.2, 0.25) is 0 Å². The maximum atomic E-state index is 9.27. The molecule has 0 spiro atoms. The fourth-order valence-electron chi connectivity index (χ4n) is 1.57. The molecule has 17 heavy (non-hydrogen) atoms. The SMILES string of the molecule is CC(C)OCCN(C)c1cc(Cl)ccc1CO. The number of aliphatic hydroxyl groups excluding tert-OH is 1. The zero-order valence-electron chi connectivity index (χ0n) is 10.6. The molecule has 0 aliphatic carbocycles. The second kappa shape index (κ2) is 6.84. The van der Waals surface area contributed by atoms with Gasteiger partial charge >= 0.3 is 0 Å². The van der Waals surface area contributed by atoms with Crippen LogP contribution in [-0.2, 0) is 11.3 Å². The summed E-state index contributed by atoms with van der Waals surface area (Å²) in [6.07, 6.45) is 0.236. The van der Waals surface area contributed by atoms with Crippen molar-refractivity contribution in [3.8, 4) is 0 Å². The Morgan fingerprint density at radius 1 is 1.41 bits per heavy atom. The van der Waals surface area contributed by atoms with Crippen molar-refractivity contribution >= 4 is 17.3 Å². The van der Waals surface area contributed by atoms with Crippen LogP contribution in [0.5, 0.6) is 0 Å². The molecule has 0 aliphatic rings. The zero-order chi connectivity index (χ0) is 12.8. The van der Waals surface area contributed by atoms with Gasteiger partial charge in [-0.2, -0.15) is 0 Å². The van der Waals surface area contributed by atoms with E-state index in [2.05, 4.69) is 0 Å². The second-order valence-corrected chi connectivity index (χ2v) is 4.71. The number of hydrogen-bond donors (Lipinski definition) is 1. The van der Waals surface area contributed by atoms with Crippen LogP contribution in [0, 0.1) is 0 Å². The van der Waals surface area contributed by atoms with Crippen LogP contribution in [0.25, 0.3) is 0 Å². The van der Waals surface area contributed by atoms with Crippen molar-refractivity contribution in [1.82, 2.24) is 0 Å². The van der Waals surface area contributed by atoms with E-state index in [-0.39, 0.29) is 12.7 Å². The standard InChI is InChI=1S/C13H20ClNO2/c1-10(2)17-7-6-15(3)13-8-12(14)5-4-11(13)9-16/h4-5,8,10,16H,6-7,9H2,1-3H3. The highest BCUT2D eigenvalue weighted by Crippen LogP contribution is 2.24. The Bertz CT molecular complexity index is 355. The molecule has 1 rings (SSSR count). The van der Waals surface area contributed by atoms with E-state index in [1.807, 2.05) is 37.9 Å². The molecule has 3 nitrogen and oxygen atoms in total. The molecule has 0 aromatic heterocycles. The number of likely N-dealkylation sites (N-methyl/N-ethyl adjacent to an activating group) is 1. The second-order valence-electron chi connectivity index (χ2n) is 4.27. The highest BCUT2D eigenvalue weighted by molar-refractivity contribution is 6.30. The number of ether oxygens (including phenoxy) is 1. The Balaban J connectivity index is 2.66. The summed E-state index contributed by atoms with van der Waals surface area (Å²) in [4.78, 5) is 2.04. The number of nitrogens with zero attached hydrogens (tertiary/aromatic N) is 1. The maximum Gasteiger partial charge on any atom is 0.0702 e. The molecule has 0 radical (unpaired) electrons. The summed E-state index contributed by atoms with van der Waals surface area (Å²) >= 11 is 5.96. The van der Waals surface area contributed by atoms with Gasteiger partial charge in [-0.3, -0.25) is 0 Å². The van der Waals surface area contributed by atoms with Gasteiger partial charge in [-0.15, -0.1) is 0 Å². The summed E-state index contributed by atoms with van der Waals surface area (Å²) in [5.41, 5.74) is 1.83. The molecular weight excluding hydrogens is 238 g/mol. The summed E-state index contributed by atoms with van der Waals surface area (Å²) < 4.78 is 5.50. The van der Waals surface area contributed by atoms with E-state index in [4.69, 9.17) is 16.3 Å². The Hall–Kier alpha value is -0.770. The lowest BCUT2D eigenvalue weighted by molar-refractivity contribution is 0.0845. The number of hydrogen-bond acceptors (Lipinski definition) is 3. The summed E-state index contributed by atoms with van der Waals surface area (Å²) in [6.45, 7) is 5.47. The van der Waals surface area contributed by atoms with Crippen LogP contribution in [0.2, 0.25) is 5.02 Å². The first-order valence-corrected chi connectivity index (χ1v) is 6.14. The third kappa shape index (κ3) is 4.54. The third-order valence-electron chi connectivity index (χ3n) is 2.51. The average molecular weight is 258 g/mol. The first-order valence-electron chi connectivity index (χ1n) is 5.76. The van der Waals surface area contributed by atoms with E-state index < -0.39 is 0 Å². The van der Waals surface area contributed by atoms with Gasteiger partial charge in [-0.1, -0.05) is 17.7 Å². The van der Waals surface area contributed by atoms with Crippen molar-refractivity contribution in [1.29, 1.82) is 0 Å². The summed E-state index contributed by atoms with van der Waals surface area (Å²) in [5, 5.41) is 9.95. The smallest absolute Gasteiger partial charge is 0.0702 e. The van der Waals surface area contributed by atoms with Crippen LogP contribution < -0.4 is 4.90 Å². The topological polar surface area (TPSA) is 32.7 Å². The number of benzene rings is 1. The lowest BCUT2D eigenvalue weighted by atomic mass is 10.1. The molecule has 1 aromatic rings. The Kier molecular flexibility index (Phi) is 5.75. The third-order valence-corrected chi connectivity index (χ3v) is 2.74. The molecule has 1 N–H and O–H groups in total. The number of anilines is 1. The van der Waals surface area contributed by atoms with Crippen molar-refractivity contribution < 1.29 is 9.84 Å².